The number of benzene rings is 5. The Hall–Kier alpha value is -2.54. The molecule has 0 amide bonds. The number of aromatic nitrogens is 3. The fourth-order valence-corrected chi connectivity index (χ4v) is 12.4. The first-order valence-corrected chi connectivity index (χ1v) is 55.8. The number of likely N-dealkylation sites (N-methyl/N-ethyl adjacent to an activating group) is 5. The van der Waals surface area contributed by atoms with E-state index in [9.17, 15) is 47.0 Å². The van der Waals surface area contributed by atoms with Gasteiger partial charge in [-0.1, -0.05) is 145 Å². The number of nitrogen functional groups attached to an aromatic ring is 4. The zero-order chi connectivity index (χ0) is 113. The summed E-state index contributed by atoms with van der Waals surface area (Å²) in [5.74, 6) is -1.74. The fraction of sp³-hybridized carbons (Fsp3) is 0.505. The number of alkyl halides is 5. The Morgan fingerprint density at radius 3 is 1.04 bits per heavy atom. The summed E-state index contributed by atoms with van der Waals surface area (Å²) >= 11 is 25.7. The first kappa shape index (κ1) is 152. The molecule has 0 spiro atoms. The summed E-state index contributed by atoms with van der Waals surface area (Å²) in [5.41, 5.74) is 31.6. The van der Waals surface area contributed by atoms with Crippen LogP contribution < -0.4 is 55.4 Å². The smallest absolute Gasteiger partial charge is 0.405 e. The van der Waals surface area contributed by atoms with Crippen LogP contribution in [0.5, 0.6) is 0 Å². The SMILES string of the molecule is CC(C)(I)I.CC(I)(I)CI.CC1(C)OB(B2OC(C)(C)C(C)(C)O2)OC1(C)C.CN(C)CCN.CN(C)CCNc1cc(F)cc(-c2nccc(N)c2N)c1.CN(C)CCNc1cc(F)cc(-c2nccc([N+](=O)[O-])c2N)c1.CN(C)CCNc1cc(F)cc(B2OC(C)(C)C(C)(C)O2)c1.CN(C)CCNc1cc(F)cc(Br)c1.CO.C[C-](C)I.C[C-](C)I.Nc1ccnc(Br)c1[N+](=O)[O-].O=Cc1cc(F)cc(Br)c1.[V].[V]. The van der Waals surface area contributed by atoms with Crippen LogP contribution in [0.1, 0.15) is 142 Å². The van der Waals surface area contributed by atoms with Gasteiger partial charge in [0.25, 0.3) is 5.69 Å². The summed E-state index contributed by atoms with van der Waals surface area (Å²) in [4.78, 5) is 52.3. The van der Waals surface area contributed by atoms with Crippen molar-refractivity contribution in [2.45, 2.75) is 168 Å². The molecule has 0 unspecified atom stereocenters. The van der Waals surface area contributed by atoms with Crippen LogP contribution >= 0.6 is 206 Å². The summed E-state index contributed by atoms with van der Waals surface area (Å²) < 4.78 is 109. The van der Waals surface area contributed by atoms with Crippen LogP contribution in [0.3, 0.4) is 0 Å². The van der Waals surface area contributed by atoms with E-state index in [1.54, 1.807) is 24.4 Å². The van der Waals surface area contributed by atoms with Gasteiger partial charge in [-0.3, -0.25) is 42.8 Å². The van der Waals surface area contributed by atoms with Gasteiger partial charge in [-0.25, -0.2) is 26.9 Å². The van der Waals surface area contributed by atoms with Gasteiger partial charge in [-0.15, -0.1) is 0 Å². The molecule has 3 fully saturated rings. The van der Waals surface area contributed by atoms with Crippen molar-refractivity contribution in [3.05, 3.63) is 204 Å². The number of nitro groups is 2. The van der Waals surface area contributed by atoms with Gasteiger partial charge in [0.05, 0.1) is 63.4 Å². The predicted octanol–water partition coefficient (Wildman–Crippen LogP) is 23.7. The van der Waals surface area contributed by atoms with Crippen molar-refractivity contribution in [2.24, 2.45) is 5.73 Å². The number of aliphatic hydroxyl groups excluding tert-OH is 1. The second-order valence-electron chi connectivity index (χ2n) is 37.7. The number of hydrogen-bond donors (Lipinski definition) is 10. The van der Waals surface area contributed by atoms with E-state index in [0.717, 1.165) is 81.9 Å². The van der Waals surface area contributed by atoms with Gasteiger partial charge in [-0.2, -0.15) is 27.7 Å². The van der Waals surface area contributed by atoms with Crippen LogP contribution in [0.25, 0.3) is 22.5 Å². The molecule has 11 rings (SSSR count). The Labute approximate surface area is 1020 Å². The Bertz CT molecular complexity index is 5060. The molecule has 51 heteroatoms. The Kier molecular flexibility index (Phi) is 76.6. The number of anilines is 8. The third-order valence-electron chi connectivity index (χ3n) is 20.1. The zero-order valence-corrected chi connectivity index (χ0v) is 113. The Morgan fingerprint density at radius 1 is 0.459 bits per heavy atom. The van der Waals surface area contributed by atoms with Gasteiger partial charge in [-0.05, 0) is 299 Å². The minimum absolute atomic E-state index is 0. The quantitative estimate of drug-likeness (QED) is 0.00277. The molecule has 3 aliphatic rings. The Morgan fingerprint density at radius 2 is 0.750 bits per heavy atom. The van der Waals surface area contributed by atoms with Crippen molar-refractivity contribution in [1.29, 1.82) is 0 Å². The molecule has 3 aromatic heterocycles. The molecule has 31 nitrogen and oxygen atoms in total. The molecule has 830 valence electrons. The largest absolute Gasteiger partial charge is 0.495 e. The number of carbonyl (C=O) groups is 1. The molecule has 0 atom stereocenters. The molecular weight excluding hydrogens is 2980 g/mol. The first-order chi connectivity index (χ1) is 67.1. The number of nitrogens with two attached hydrogens (primary N) is 5. The molecule has 0 aliphatic carbocycles. The van der Waals surface area contributed by atoms with Crippen molar-refractivity contribution in [1.82, 2.24) is 39.5 Å². The molecule has 0 bridgehead atoms. The van der Waals surface area contributed by atoms with Crippen LogP contribution in [0.2, 0.25) is 0 Å². The third-order valence-corrected chi connectivity index (χ3v) is 26.8. The van der Waals surface area contributed by atoms with Crippen LogP contribution in [-0.2, 0) is 65.0 Å². The van der Waals surface area contributed by atoms with Crippen molar-refractivity contribution in [2.75, 3.05) is 192 Å². The summed E-state index contributed by atoms with van der Waals surface area (Å²) in [6, 6.07) is 26.8. The van der Waals surface area contributed by atoms with Crippen molar-refractivity contribution in [3.63, 3.8) is 0 Å². The van der Waals surface area contributed by atoms with E-state index >= 15 is 0 Å². The van der Waals surface area contributed by atoms with E-state index in [0.29, 0.717) is 70.8 Å². The summed E-state index contributed by atoms with van der Waals surface area (Å²) in [6.45, 7) is 47.1. The Balaban J connectivity index is -0.000000791. The van der Waals surface area contributed by atoms with Crippen molar-refractivity contribution in [3.8, 4) is 22.5 Å². The number of aldehydes is 1. The molecule has 15 N–H and O–H groups in total. The fourth-order valence-electron chi connectivity index (χ4n) is 10.9. The molecule has 2 radical (unpaired) electrons. The van der Waals surface area contributed by atoms with E-state index in [1.165, 1.54) is 97.5 Å². The second-order valence-corrected chi connectivity index (χ2v) is 59.6. The van der Waals surface area contributed by atoms with Crippen LogP contribution in [-0.4, -0.2) is 266 Å². The van der Waals surface area contributed by atoms with Gasteiger partial charge in [0, 0.05) is 187 Å². The first-order valence-electron chi connectivity index (χ1n) is 45.4. The van der Waals surface area contributed by atoms with Crippen LogP contribution in [0.15, 0.2) is 141 Å². The summed E-state index contributed by atoms with van der Waals surface area (Å²) in [7, 11) is 19.4. The number of pyridine rings is 3. The van der Waals surface area contributed by atoms with Crippen molar-refractivity contribution >= 4 is 296 Å². The number of aliphatic hydroxyl groups is 1. The minimum atomic E-state index is -0.587. The molecule has 5 aromatic carbocycles. The van der Waals surface area contributed by atoms with E-state index in [4.69, 9.17) is 61.7 Å². The number of rotatable bonds is 26. The molecule has 148 heavy (non-hydrogen) atoms. The third kappa shape index (κ3) is 64.5. The van der Waals surface area contributed by atoms with E-state index < -0.39 is 53.8 Å². The maximum atomic E-state index is 13.9. The number of nitrogens with zero attached hydrogens (tertiary/aromatic N) is 10. The molecule has 3 saturated heterocycles. The van der Waals surface area contributed by atoms with Gasteiger partial charge in [0.2, 0.25) is 0 Å². The normalized spacial score (nSPS) is 14.2. The van der Waals surface area contributed by atoms with E-state index in [1.807, 2.05) is 182 Å². The van der Waals surface area contributed by atoms with Crippen LogP contribution in [0, 0.1) is 57.2 Å². The maximum Gasteiger partial charge on any atom is 0.495 e. The molecule has 3 aliphatic heterocycles. The average Bonchev–Trinajstić information content (AvgIpc) is 1.59. The molecule has 0 saturated carbocycles. The monoisotopic (exact) mass is 3130 g/mol. The summed E-state index contributed by atoms with van der Waals surface area (Å²) in [5, 5.41) is 40.9. The standard InChI is InChI=1S/C16H26BFN2O2.C15H18FN5O2.C15H20FN5.C12H24B2O4.C10H14BrFN2.C7H4BrFO.C5H4BrN3O2.C4H12N2.C3H5I3.C3H6I2.2C3H6I.CH4O.2V/c1-15(2)16(3,4)22-17(21-15)12-9-13(18)11-14(10-12)19-7-8-20(5)6;1-20(2)6-5-18-12-8-10(7-11(16)9-12)15-14(17)13(21(22)23)3-4-19-15;1-21(2)6-5-19-12-8-10(7-11(16)9-12)15-14(18)13(17)3-4-20-15;1-9(2)10(3,4)16-13(15-9)14-17-11(5,6)12(7,8)18-14;1-14(2)4-3-13-10-6-8(11)5-9(12)7-10;8-6-1-5(4-10)2-7(9)3-6;6-5-4(9(10)11)3(7)1-2-8-5;1-6(2)4-3-5;1-3(5,6)2-4;1-3(2,4)5;2*1-3(2)4;1-2;;/h9-11,19H,7-8H2,1-6H3;3-4,7-9,18H,5-6,17H2,1-2H3;3-4,7-9,19H,5-6,18H2,1-2H3,(H2,17,20);1-8H3;5-7,13H,3-4H2,1-2H3;1-4H;1-2H,(H2,7,8);3-5H2,1-2H3;2H2,1H3;1-2H3;2*1-2H3;2H,1H3;;/q;;;;;;;;;;2*-1;;;. The van der Waals surface area contributed by atoms with Gasteiger partial charge < -0.3 is 153 Å². The maximum absolute atomic E-state index is 13.9. The number of hydrogen-bond acceptors (Lipinski definition) is 29. The molecular formula is C97H149B3Br3F5I7N19O12V2-2. The topological polar surface area (TPSA) is 412 Å². The summed E-state index contributed by atoms with van der Waals surface area (Å²) in [6.07, 6.45) is 4.85. The minimum Gasteiger partial charge on any atom is -0.405 e. The average molecular weight is 3130 g/mol. The van der Waals surface area contributed by atoms with E-state index in [-0.39, 0.29) is 110 Å². The molecule has 6 heterocycles. The van der Waals surface area contributed by atoms with Gasteiger partial charge >= 0.3 is 26.8 Å². The number of carbonyl (C=O) groups excluding carboxylic acids is 1. The zero-order valence-electron chi connectivity index (χ0n) is 90.1. The van der Waals surface area contributed by atoms with Crippen LogP contribution in [0.4, 0.5) is 78.8 Å². The predicted molar refractivity (Wildman–Crippen MR) is 669 cm³/mol. The molecule has 8 aromatic rings. The van der Waals surface area contributed by atoms with Crippen molar-refractivity contribution < 1.29 is 107 Å². The second kappa shape index (κ2) is 74.7. The van der Waals surface area contributed by atoms with Gasteiger partial charge in [0.1, 0.15) is 52.4 Å². The number of halogens is 15. The number of nitrogens with one attached hydrogen (secondary N) is 4. The van der Waals surface area contributed by atoms with E-state index in [2.05, 4.69) is 305 Å². The van der Waals surface area contributed by atoms with Gasteiger partial charge in [0.15, 0.2) is 4.60 Å².